The van der Waals surface area contributed by atoms with Gasteiger partial charge in [-0.25, -0.2) is 17.7 Å². The van der Waals surface area contributed by atoms with Crippen LogP contribution >= 0.6 is 22.6 Å². The third-order valence-corrected chi connectivity index (χ3v) is 4.34. The van der Waals surface area contributed by atoms with Gasteiger partial charge in [-0.2, -0.15) is 0 Å². The number of methoxy groups -OCH3 is 1. The molecule has 0 bridgehead atoms. The number of halogens is 1. The minimum absolute atomic E-state index is 0.0538. The van der Waals surface area contributed by atoms with E-state index in [1.54, 1.807) is 6.07 Å². The number of ether oxygens (including phenoxy) is 1. The third-order valence-electron chi connectivity index (χ3n) is 1.75. The summed E-state index contributed by atoms with van der Waals surface area (Å²) in [5.41, 5.74) is 0. The highest BCUT2D eigenvalue weighted by Crippen LogP contribution is 2.28. The summed E-state index contributed by atoms with van der Waals surface area (Å²) in [5, 5.41) is -0.0538. The predicted molar refractivity (Wildman–Crippen MR) is 64.4 cm³/mol. The van der Waals surface area contributed by atoms with Gasteiger partial charge in [0.25, 0.3) is 10.0 Å². The lowest BCUT2D eigenvalue weighted by Crippen LogP contribution is -2.24. The molecule has 84 valence electrons. The van der Waals surface area contributed by atoms with Crippen LogP contribution in [0, 0.1) is 3.57 Å². The first-order valence-electron chi connectivity index (χ1n) is 4.02. The van der Waals surface area contributed by atoms with Gasteiger partial charge in [-0.1, -0.05) is 0 Å². The zero-order valence-electron chi connectivity index (χ0n) is 8.56. The molecule has 0 unspecified atom stereocenters. The van der Waals surface area contributed by atoms with E-state index in [2.05, 4.69) is 4.98 Å². The van der Waals surface area contributed by atoms with E-state index in [0.29, 0.717) is 3.57 Å². The molecule has 5 nitrogen and oxygen atoms in total. The second kappa shape index (κ2) is 4.62. The molecule has 7 heteroatoms. The Balaban J connectivity index is 3.45. The fraction of sp³-hybridized carbons (Fsp3) is 0.375. The molecule has 0 saturated carbocycles. The van der Waals surface area contributed by atoms with Crippen LogP contribution in [0.25, 0.3) is 0 Å². The maximum absolute atomic E-state index is 11.8. The van der Waals surface area contributed by atoms with Gasteiger partial charge in [0.2, 0.25) is 5.03 Å². The second-order valence-electron chi connectivity index (χ2n) is 2.92. The van der Waals surface area contributed by atoms with Crippen LogP contribution in [0.3, 0.4) is 0 Å². The molecule has 0 saturated heterocycles. The number of rotatable bonds is 3. The molecule has 0 aliphatic carbocycles. The van der Waals surface area contributed by atoms with Gasteiger partial charge in [0.15, 0.2) is 5.75 Å². The van der Waals surface area contributed by atoms with Gasteiger partial charge >= 0.3 is 0 Å². The topological polar surface area (TPSA) is 59.5 Å². The van der Waals surface area contributed by atoms with Crippen molar-refractivity contribution in [1.82, 2.24) is 9.29 Å². The highest BCUT2D eigenvalue weighted by Gasteiger charge is 2.25. The van der Waals surface area contributed by atoms with Gasteiger partial charge in [0, 0.05) is 20.3 Å². The van der Waals surface area contributed by atoms with Crippen LogP contribution < -0.4 is 4.74 Å². The Labute approximate surface area is 103 Å². The number of nitrogens with zero attached hydrogens (tertiary/aromatic N) is 2. The minimum atomic E-state index is -3.55. The Hall–Kier alpha value is -0.410. The van der Waals surface area contributed by atoms with Crippen LogP contribution in [0.1, 0.15) is 0 Å². The largest absolute Gasteiger partial charge is 0.493 e. The summed E-state index contributed by atoms with van der Waals surface area (Å²) in [6, 6.07) is 1.69. The van der Waals surface area contributed by atoms with Gasteiger partial charge in [-0.05, 0) is 28.7 Å². The molecule has 0 radical (unpaired) electrons. The number of aromatic nitrogens is 1. The van der Waals surface area contributed by atoms with Crippen molar-refractivity contribution >= 4 is 32.6 Å². The van der Waals surface area contributed by atoms with Crippen molar-refractivity contribution in [3.8, 4) is 5.75 Å². The first-order chi connectivity index (χ1) is 6.91. The molecule has 0 aliphatic heterocycles. The Morgan fingerprint density at radius 3 is 2.53 bits per heavy atom. The van der Waals surface area contributed by atoms with Crippen molar-refractivity contribution in [3.63, 3.8) is 0 Å². The SMILES string of the molecule is COc1c(I)ccnc1S(=O)(=O)N(C)C. The van der Waals surface area contributed by atoms with Gasteiger partial charge in [0.05, 0.1) is 10.7 Å². The summed E-state index contributed by atoms with van der Waals surface area (Å²) in [5.74, 6) is 0.284. The second-order valence-corrected chi connectivity index (χ2v) is 6.15. The molecule has 1 heterocycles. The van der Waals surface area contributed by atoms with Crippen molar-refractivity contribution in [3.05, 3.63) is 15.8 Å². The van der Waals surface area contributed by atoms with E-state index < -0.39 is 10.0 Å². The van der Waals surface area contributed by atoms with Crippen molar-refractivity contribution in [1.29, 1.82) is 0 Å². The van der Waals surface area contributed by atoms with Crippen LogP contribution in [0.15, 0.2) is 17.3 Å². The summed E-state index contributed by atoms with van der Waals surface area (Å²) in [4.78, 5) is 3.84. The van der Waals surface area contributed by atoms with Gasteiger partial charge in [-0.3, -0.25) is 0 Å². The lowest BCUT2D eigenvalue weighted by Gasteiger charge is -2.13. The number of sulfonamides is 1. The Morgan fingerprint density at radius 1 is 1.47 bits per heavy atom. The normalized spacial score (nSPS) is 11.8. The Bertz CT molecular complexity index is 459. The zero-order valence-corrected chi connectivity index (χ0v) is 11.5. The third kappa shape index (κ3) is 2.40. The van der Waals surface area contributed by atoms with Crippen LogP contribution in [-0.4, -0.2) is 38.9 Å². The summed E-state index contributed by atoms with van der Waals surface area (Å²) in [7, 11) is 0.784. The highest BCUT2D eigenvalue weighted by molar-refractivity contribution is 14.1. The molecule has 0 atom stereocenters. The smallest absolute Gasteiger partial charge is 0.263 e. The fourth-order valence-electron chi connectivity index (χ4n) is 0.948. The van der Waals surface area contributed by atoms with E-state index in [4.69, 9.17) is 4.74 Å². The molecule has 0 aliphatic rings. The summed E-state index contributed by atoms with van der Waals surface area (Å²) < 4.78 is 30.5. The van der Waals surface area contributed by atoms with Crippen LogP contribution in [0.5, 0.6) is 5.75 Å². The van der Waals surface area contributed by atoms with Crippen molar-refractivity contribution < 1.29 is 13.2 Å². The predicted octanol–water partition coefficient (Wildman–Crippen LogP) is 0.945. The molecular formula is C8H11IN2O3S. The number of hydrogen-bond donors (Lipinski definition) is 0. The quantitative estimate of drug-likeness (QED) is 0.768. The molecule has 1 aromatic rings. The Kier molecular flexibility index (Phi) is 3.90. The van der Waals surface area contributed by atoms with E-state index in [0.717, 1.165) is 4.31 Å². The standard InChI is InChI=1S/C8H11IN2O3S/c1-11(2)15(12,13)8-7(14-3)6(9)4-5-10-8/h4-5H,1-3H3. The molecule has 15 heavy (non-hydrogen) atoms. The van der Waals surface area contributed by atoms with Gasteiger partial charge in [-0.15, -0.1) is 0 Å². The number of pyridine rings is 1. The first-order valence-corrected chi connectivity index (χ1v) is 6.54. The Morgan fingerprint density at radius 2 is 2.07 bits per heavy atom. The van der Waals surface area contributed by atoms with Crippen molar-refractivity contribution in [2.75, 3.05) is 21.2 Å². The average Bonchev–Trinajstić information content (AvgIpc) is 2.17. The van der Waals surface area contributed by atoms with E-state index in [1.807, 2.05) is 22.6 Å². The fourth-order valence-corrected chi connectivity index (χ4v) is 2.74. The summed E-state index contributed by atoms with van der Waals surface area (Å²) in [6.45, 7) is 0. The van der Waals surface area contributed by atoms with E-state index in [1.165, 1.54) is 27.4 Å². The van der Waals surface area contributed by atoms with Crippen LogP contribution in [0.2, 0.25) is 0 Å². The monoisotopic (exact) mass is 342 g/mol. The van der Waals surface area contributed by atoms with Crippen LogP contribution in [0.4, 0.5) is 0 Å². The van der Waals surface area contributed by atoms with Crippen molar-refractivity contribution in [2.45, 2.75) is 5.03 Å². The molecule has 0 spiro atoms. The maximum Gasteiger partial charge on any atom is 0.263 e. The summed E-state index contributed by atoms with van der Waals surface area (Å²) in [6.07, 6.45) is 1.45. The molecule has 0 fully saturated rings. The molecular weight excluding hydrogens is 331 g/mol. The molecule has 0 aromatic carbocycles. The first kappa shape index (κ1) is 12.7. The lowest BCUT2D eigenvalue weighted by molar-refractivity contribution is 0.392. The van der Waals surface area contributed by atoms with E-state index in [9.17, 15) is 8.42 Å². The lowest BCUT2D eigenvalue weighted by atomic mass is 10.5. The molecule has 1 rings (SSSR count). The molecule has 1 aromatic heterocycles. The number of hydrogen-bond acceptors (Lipinski definition) is 4. The zero-order chi connectivity index (χ0) is 11.6. The van der Waals surface area contributed by atoms with Crippen molar-refractivity contribution in [2.24, 2.45) is 0 Å². The van der Waals surface area contributed by atoms with E-state index in [-0.39, 0.29) is 10.8 Å². The van der Waals surface area contributed by atoms with Crippen LogP contribution in [-0.2, 0) is 10.0 Å². The average molecular weight is 342 g/mol. The van der Waals surface area contributed by atoms with Gasteiger partial charge < -0.3 is 4.74 Å². The molecule has 0 amide bonds. The minimum Gasteiger partial charge on any atom is -0.493 e. The highest BCUT2D eigenvalue weighted by atomic mass is 127. The summed E-state index contributed by atoms with van der Waals surface area (Å²) >= 11 is 2.00. The van der Waals surface area contributed by atoms with E-state index >= 15 is 0 Å². The molecule has 0 N–H and O–H groups in total. The van der Waals surface area contributed by atoms with Gasteiger partial charge in [0.1, 0.15) is 0 Å². The maximum atomic E-state index is 11.8.